The predicted octanol–water partition coefficient (Wildman–Crippen LogP) is 2.78. The molecule has 0 aliphatic rings. The molecule has 0 rings (SSSR count). The van der Waals surface area contributed by atoms with E-state index in [1.54, 1.807) is 0 Å². The normalized spacial score (nSPS) is 10.6. The van der Waals surface area contributed by atoms with Crippen molar-refractivity contribution in [3.05, 3.63) is 0 Å². The molecule has 0 aliphatic carbocycles. The van der Waals surface area contributed by atoms with Gasteiger partial charge in [-0.1, -0.05) is 107 Å². The first-order valence-corrected chi connectivity index (χ1v) is 20.6. The molecule has 336 valence electrons. The minimum atomic E-state index is -1.29. The van der Waals surface area contributed by atoms with Crippen molar-refractivity contribution in [3.63, 3.8) is 0 Å². The van der Waals surface area contributed by atoms with Crippen LogP contribution < -0.4 is 20.4 Å². The second-order valence-electron chi connectivity index (χ2n) is 12.4. The molecule has 0 spiro atoms. The molecule has 0 aromatic carbocycles. The van der Waals surface area contributed by atoms with E-state index in [1.165, 1.54) is 0 Å². The molecule has 0 bridgehead atoms. The van der Waals surface area contributed by atoms with Gasteiger partial charge < -0.3 is 77.5 Å². The Hall–Kier alpha value is -1.56. The van der Waals surface area contributed by atoms with Crippen LogP contribution in [0.15, 0.2) is 0 Å². The quantitative estimate of drug-likeness (QED) is 0.0650. The van der Waals surface area contributed by atoms with Gasteiger partial charge in [-0.2, -0.15) is 0 Å². The molecule has 0 atom stereocenters. The number of carbonyl (C=O) groups is 4. The molecular weight excluding hydrogens is 828 g/mol. The van der Waals surface area contributed by atoms with Gasteiger partial charge in [0.2, 0.25) is 0 Å². The van der Waals surface area contributed by atoms with Gasteiger partial charge in [0.25, 0.3) is 0 Å². The molecule has 0 aliphatic heterocycles. The second kappa shape index (κ2) is 52.5. The Morgan fingerprint density at radius 3 is 0.474 bits per heavy atom. The van der Waals surface area contributed by atoms with Crippen molar-refractivity contribution in [3.8, 4) is 0 Å². The standard InChI is InChI=1S/4C10H20O4.Zr/c4*1-3-5-7-13-10(9(11)12)14-8-6-4-2;/h4*10H,3-8H2,1-2H3,(H,11,12);/q;;;;+4/p-4. The van der Waals surface area contributed by atoms with E-state index in [1.807, 2.05) is 55.4 Å². The number of ether oxygens (including phenoxy) is 8. The Morgan fingerprint density at radius 1 is 0.298 bits per heavy atom. The van der Waals surface area contributed by atoms with Gasteiger partial charge >= 0.3 is 26.2 Å². The molecule has 57 heavy (non-hydrogen) atoms. The summed E-state index contributed by atoms with van der Waals surface area (Å²) in [6.45, 7) is 19.3. The third-order valence-electron chi connectivity index (χ3n) is 6.91. The molecule has 17 heteroatoms. The van der Waals surface area contributed by atoms with Gasteiger partial charge in [-0.15, -0.1) is 0 Å². The topological polar surface area (TPSA) is 234 Å². The van der Waals surface area contributed by atoms with E-state index >= 15 is 0 Å². The second-order valence-corrected chi connectivity index (χ2v) is 12.4. The zero-order valence-corrected chi connectivity index (χ0v) is 38.8. The Kier molecular flexibility index (Phi) is 59.4. The molecule has 0 amide bonds. The van der Waals surface area contributed by atoms with Crippen molar-refractivity contribution < 1.29 is 104 Å². The summed E-state index contributed by atoms with van der Waals surface area (Å²) in [6.07, 6.45) is 9.61. The van der Waals surface area contributed by atoms with Crippen LogP contribution in [0.3, 0.4) is 0 Å². The molecule has 0 aromatic rings. The van der Waals surface area contributed by atoms with Crippen LogP contribution >= 0.6 is 0 Å². The number of rotatable bonds is 36. The molecule has 0 fully saturated rings. The van der Waals surface area contributed by atoms with Crippen LogP contribution in [0.4, 0.5) is 0 Å². The first kappa shape index (κ1) is 64.6. The van der Waals surface area contributed by atoms with Crippen molar-refractivity contribution in [1.82, 2.24) is 0 Å². The van der Waals surface area contributed by atoms with E-state index in [-0.39, 0.29) is 26.2 Å². The molecule has 0 aromatic heterocycles. The molecule has 0 saturated heterocycles. The number of hydrogen-bond acceptors (Lipinski definition) is 16. The minimum Gasteiger partial charge on any atom is -0.545 e. The zero-order chi connectivity index (χ0) is 43.2. The average molecular weight is 904 g/mol. The fraction of sp³-hybridized carbons (Fsp3) is 0.900. The third kappa shape index (κ3) is 50.5. The Labute approximate surface area is 362 Å². The van der Waals surface area contributed by atoms with E-state index in [9.17, 15) is 39.6 Å². The van der Waals surface area contributed by atoms with Crippen molar-refractivity contribution in [2.45, 2.75) is 183 Å². The monoisotopic (exact) mass is 902 g/mol. The maximum absolute atomic E-state index is 10.5. The van der Waals surface area contributed by atoms with E-state index in [0.717, 1.165) is 103 Å². The van der Waals surface area contributed by atoms with Crippen LogP contribution in [0, 0.1) is 0 Å². The Morgan fingerprint density at radius 2 is 0.404 bits per heavy atom. The number of carboxylic acids is 4. The summed E-state index contributed by atoms with van der Waals surface area (Å²) >= 11 is 0. The van der Waals surface area contributed by atoms with Gasteiger partial charge in [-0.3, -0.25) is 0 Å². The van der Waals surface area contributed by atoms with Crippen LogP contribution in [0.5, 0.6) is 0 Å². The average Bonchev–Trinajstić information content (AvgIpc) is 3.16. The summed E-state index contributed by atoms with van der Waals surface area (Å²) in [4.78, 5) is 42.1. The summed E-state index contributed by atoms with van der Waals surface area (Å²) in [5, 5.41) is 42.1. The number of unbranched alkanes of at least 4 members (excludes halogenated alkanes) is 8. The van der Waals surface area contributed by atoms with Crippen molar-refractivity contribution in [2.24, 2.45) is 0 Å². The van der Waals surface area contributed by atoms with Crippen molar-refractivity contribution in [2.75, 3.05) is 52.9 Å². The fourth-order valence-electron chi connectivity index (χ4n) is 3.41. The molecular formula is C40H76O16Zr. The van der Waals surface area contributed by atoms with E-state index in [4.69, 9.17) is 37.9 Å². The first-order valence-electron chi connectivity index (χ1n) is 20.6. The largest absolute Gasteiger partial charge is 4.00 e. The van der Waals surface area contributed by atoms with Gasteiger partial charge in [0, 0.05) is 0 Å². The maximum atomic E-state index is 10.5. The Bertz CT molecular complexity index is 691. The van der Waals surface area contributed by atoms with E-state index < -0.39 is 49.0 Å². The van der Waals surface area contributed by atoms with Gasteiger partial charge in [-0.05, 0) is 51.4 Å². The third-order valence-corrected chi connectivity index (χ3v) is 6.91. The van der Waals surface area contributed by atoms with Gasteiger partial charge in [-0.25, -0.2) is 0 Å². The first-order chi connectivity index (χ1) is 26.9. The molecule has 0 radical (unpaired) electrons. The molecule has 0 saturated carbocycles. The molecule has 0 unspecified atom stereocenters. The number of hydrogen-bond donors (Lipinski definition) is 0. The number of carbonyl (C=O) groups excluding carboxylic acids is 4. The summed E-state index contributed by atoms with van der Waals surface area (Å²) in [6, 6.07) is 0. The smallest absolute Gasteiger partial charge is 0.545 e. The van der Waals surface area contributed by atoms with Crippen molar-refractivity contribution >= 4 is 23.9 Å². The summed E-state index contributed by atoms with van der Waals surface area (Å²) in [5.41, 5.74) is 0. The van der Waals surface area contributed by atoms with Gasteiger partial charge in [0.1, 0.15) is 0 Å². The minimum absolute atomic E-state index is 0. The van der Waals surface area contributed by atoms with Crippen molar-refractivity contribution in [1.29, 1.82) is 0 Å². The molecule has 16 nitrogen and oxygen atoms in total. The van der Waals surface area contributed by atoms with Crippen LogP contribution in [-0.4, -0.2) is 102 Å². The molecule has 0 N–H and O–H groups in total. The summed E-state index contributed by atoms with van der Waals surface area (Å²) < 4.78 is 40.1. The van der Waals surface area contributed by atoms with Gasteiger partial charge in [0.15, 0.2) is 25.2 Å². The van der Waals surface area contributed by atoms with Crippen LogP contribution in [0.2, 0.25) is 0 Å². The van der Waals surface area contributed by atoms with Gasteiger partial charge in [0.05, 0.1) is 76.7 Å². The summed E-state index contributed by atoms with van der Waals surface area (Å²) in [5.74, 6) is -5.18. The SMILES string of the molecule is CCCCOC(OCCCC)C(=O)[O-].CCCCOC(OCCCC)C(=O)[O-].CCCCOC(OCCCC)C(=O)[O-].CCCCOC(OCCCC)C(=O)[O-].[Zr+4]. The van der Waals surface area contributed by atoms with E-state index in [2.05, 4.69) is 0 Å². The molecule has 0 heterocycles. The zero-order valence-electron chi connectivity index (χ0n) is 36.3. The number of aliphatic carboxylic acids is 4. The van der Waals surface area contributed by atoms with Crippen LogP contribution in [0.1, 0.15) is 158 Å². The maximum Gasteiger partial charge on any atom is 4.00 e. The fourth-order valence-corrected chi connectivity index (χ4v) is 3.41. The predicted molar refractivity (Wildman–Crippen MR) is 202 cm³/mol. The number of carboxylic acid groups (broad SMARTS) is 4. The van der Waals surface area contributed by atoms with Crippen LogP contribution in [-0.2, 0) is 83.3 Å². The van der Waals surface area contributed by atoms with E-state index in [0.29, 0.717) is 52.9 Å². The van der Waals surface area contributed by atoms with Crippen LogP contribution in [0.25, 0.3) is 0 Å². The summed E-state index contributed by atoms with van der Waals surface area (Å²) in [7, 11) is 0. The Balaban J connectivity index is -0.000000210.